The van der Waals surface area contributed by atoms with Gasteiger partial charge in [-0.1, -0.05) is 29.8 Å². The summed E-state index contributed by atoms with van der Waals surface area (Å²) in [6.45, 7) is 9.19. The first kappa shape index (κ1) is 32.3. The Balaban J connectivity index is 1.36. The van der Waals surface area contributed by atoms with Crippen LogP contribution in [0.1, 0.15) is 48.8 Å². The SMILES string of the molecule is COC(=O)c1sc(-c2cccc(NCC3CCN(C(=O)Nc4ccc(C)cc4)CC3)c2)c(Br)c1OCC(=O)OC(C)(C)C. The molecule has 1 aliphatic heterocycles. The lowest BCUT2D eigenvalue weighted by Gasteiger charge is -2.32. The molecule has 1 aliphatic rings. The highest BCUT2D eigenvalue weighted by Crippen LogP contribution is 2.46. The number of ether oxygens (including phenoxy) is 3. The van der Waals surface area contributed by atoms with Gasteiger partial charge in [0.1, 0.15) is 5.60 Å². The van der Waals surface area contributed by atoms with Crippen molar-refractivity contribution < 1.29 is 28.6 Å². The monoisotopic (exact) mass is 671 g/mol. The third kappa shape index (κ3) is 8.96. The zero-order chi connectivity index (χ0) is 31.1. The third-order valence-electron chi connectivity index (χ3n) is 6.86. The quantitative estimate of drug-likeness (QED) is 0.229. The van der Waals surface area contributed by atoms with Crippen LogP contribution >= 0.6 is 27.3 Å². The van der Waals surface area contributed by atoms with Crippen LogP contribution in [0.3, 0.4) is 0 Å². The van der Waals surface area contributed by atoms with Gasteiger partial charge in [0.15, 0.2) is 17.2 Å². The minimum atomic E-state index is -0.649. The van der Waals surface area contributed by atoms with Crippen LogP contribution in [0.5, 0.6) is 5.75 Å². The molecule has 11 heteroatoms. The first-order valence-corrected chi connectivity index (χ1v) is 15.8. The lowest BCUT2D eigenvalue weighted by molar-refractivity contribution is -0.157. The Hall–Kier alpha value is -3.57. The number of hydrogen-bond acceptors (Lipinski definition) is 8. The van der Waals surface area contributed by atoms with E-state index in [1.165, 1.54) is 18.4 Å². The summed E-state index contributed by atoms with van der Waals surface area (Å²) >= 11 is 4.81. The molecule has 2 aromatic carbocycles. The molecule has 0 saturated carbocycles. The zero-order valence-corrected chi connectivity index (χ0v) is 27.5. The molecule has 4 rings (SSSR count). The van der Waals surface area contributed by atoms with Gasteiger partial charge in [-0.15, -0.1) is 11.3 Å². The lowest BCUT2D eigenvalue weighted by Crippen LogP contribution is -2.42. The number of rotatable bonds is 9. The highest BCUT2D eigenvalue weighted by atomic mass is 79.9. The number of halogens is 1. The summed E-state index contributed by atoms with van der Waals surface area (Å²) in [6, 6.07) is 15.6. The molecule has 0 spiro atoms. The predicted molar refractivity (Wildman–Crippen MR) is 173 cm³/mol. The summed E-state index contributed by atoms with van der Waals surface area (Å²) in [7, 11) is 1.30. The number of aryl methyl sites for hydroxylation is 1. The van der Waals surface area contributed by atoms with Gasteiger partial charge < -0.3 is 29.7 Å². The summed E-state index contributed by atoms with van der Waals surface area (Å²) in [5.41, 5.74) is 3.12. The van der Waals surface area contributed by atoms with Crippen LogP contribution in [0.15, 0.2) is 53.0 Å². The summed E-state index contributed by atoms with van der Waals surface area (Å²) in [5, 5.41) is 6.52. The number of amides is 2. The Bertz CT molecular complexity index is 1440. The maximum absolute atomic E-state index is 12.7. The fourth-order valence-corrected chi connectivity index (χ4v) is 6.62. The van der Waals surface area contributed by atoms with Crippen molar-refractivity contribution in [3.05, 3.63) is 63.4 Å². The first-order chi connectivity index (χ1) is 20.4. The van der Waals surface area contributed by atoms with Gasteiger partial charge in [0.05, 0.1) is 16.5 Å². The number of benzene rings is 2. The van der Waals surface area contributed by atoms with Crippen LogP contribution < -0.4 is 15.4 Å². The maximum atomic E-state index is 12.7. The molecule has 0 unspecified atom stereocenters. The number of anilines is 2. The molecule has 3 aromatic rings. The van der Waals surface area contributed by atoms with Crippen molar-refractivity contribution in [2.45, 2.75) is 46.1 Å². The fraction of sp³-hybridized carbons (Fsp3) is 0.406. The molecule has 1 saturated heterocycles. The van der Waals surface area contributed by atoms with Gasteiger partial charge in [-0.05, 0) is 92.2 Å². The van der Waals surface area contributed by atoms with Gasteiger partial charge in [-0.25, -0.2) is 14.4 Å². The van der Waals surface area contributed by atoms with Crippen LogP contribution in [-0.2, 0) is 14.3 Å². The van der Waals surface area contributed by atoms with Gasteiger partial charge in [-0.2, -0.15) is 0 Å². The number of carbonyl (C=O) groups is 3. The third-order valence-corrected chi connectivity index (χ3v) is 9.08. The first-order valence-electron chi connectivity index (χ1n) is 14.2. The average Bonchev–Trinajstić information content (AvgIpc) is 3.31. The predicted octanol–water partition coefficient (Wildman–Crippen LogP) is 7.35. The second kappa shape index (κ2) is 14.3. The molecule has 0 bridgehead atoms. The lowest BCUT2D eigenvalue weighted by atomic mass is 9.97. The van der Waals surface area contributed by atoms with Crippen LogP contribution in [0.25, 0.3) is 10.4 Å². The summed E-state index contributed by atoms with van der Waals surface area (Å²) < 4.78 is 16.6. The van der Waals surface area contributed by atoms with Crippen LogP contribution in [-0.4, -0.2) is 61.8 Å². The molecular formula is C32H38BrN3O6S. The molecule has 0 radical (unpaired) electrons. The number of urea groups is 1. The van der Waals surface area contributed by atoms with Crippen molar-refractivity contribution in [2.75, 3.05) is 44.0 Å². The summed E-state index contributed by atoms with van der Waals surface area (Å²) in [5.74, 6) is -0.412. The molecule has 230 valence electrons. The average molecular weight is 673 g/mol. The van der Waals surface area contributed by atoms with E-state index in [0.717, 1.165) is 46.8 Å². The summed E-state index contributed by atoms with van der Waals surface area (Å²) in [4.78, 5) is 40.4. The number of esters is 2. The van der Waals surface area contributed by atoms with Gasteiger partial charge >= 0.3 is 18.0 Å². The van der Waals surface area contributed by atoms with E-state index in [1.54, 1.807) is 20.8 Å². The minimum absolute atomic E-state index is 0.0646. The summed E-state index contributed by atoms with van der Waals surface area (Å²) in [6.07, 6.45) is 1.82. The van der Waals surface area contributed by atoms with Crippen molar-refractivity contribution in [3.8, 4) is 16.2 Å². The zero-order valence-electron chi connectivity index (χ0n) is 25.1. The molecule has 2 heterocycles. The molecule has 1 aromatic heterocycles. The Labute approximate surface area is 265 Å². The smallest absolute Gasteiger partial charge is 0.351 e. The van der Waals surface area contributed by atoms with Crippen LogP contribution in [0, 0.1) is 12.8 Å². The topological polar surface area (TPSA) is 106 Å². The molecular weight excluding hydrogens is 634 g/mol. The van der Waals surface area contributed by atoms with Crippen molar-refractivity contribution in [1.82, 2.24) is 4.90 Å². The van der Waals surface area contributed by atoms with E-state index in [1.807, 2.05) is 60.4 Å². The second-order valence-electron chi connectivity index (χ2n) is 11.5. The highest BCUT2D eigenvalue weighted by Gasteiger charge is 2.27. The van der Waals surface area contributed by atoms with E-state index in [0.29, 0.717) is 23.5 Å². The molecule has 0 atom stereocenters. The number of nitrogens with zero attached hydrogens (tertiary/aromatic N) is 1. The van der Waals surface area contributed by atoms with E-state index >= 15 is 0 Å². The van der Waals surface area contributed by atoms with E-state index in [4.69, 9.17) is 14.2 Å². The van der Waals surface area contributed by atoms with Gasteiger partial charge in [0.2, 0.25) is 0 Å². The van der Waals surface area contributed by atoms with Crippen molar-refractivity contribution in [1.29, 1.82) is 0 Å². The molecule has 9 nitrogen and oxygen atoms in total. The highest BCUT2D eigenvalue weighted by molar-refractivity contribution is 9.10. The van der Waals surface area contributed by atoms with E-state index in [-0.39, 0.29) is 23.3 Å². The number of likely N-dealkylation sites (tertiary alicyclic amines) is 1. The maximum Gasteiger partial charge on any atom is 0.351 e. The molecule has 0 aliphatic carbocycles. The van der Waals surface area contributed by atoms with Gasteiger partial charge in [0, 0.05) is 31.0 Å². The number of nitrogens with one attached hydrogen (secondary N) is 2. The number of methoxy groups -OCH3 is 1. The molecule has 1 fully saturated rings. The van der Waals surface area contributed by atoms with Crippen molar-refractivity contribution >= 4 is 56.6 Å². The standard InChI is InChI=1S/C32H38BrN3O6S/c1-20-9-11-23(12-10-20)35-31(39)36-15-13-21(14-16-36)18-34-24-8-6-7-22(17-24)28-26(33)27(29(43-28)30(38)40-5)41-19-25(37)42-32(2,3)4/h6-12,17,21,34H,13-16,18-19H2,1-5H3,(H,35,39). The molecule has 2 amide bonds. The fourth-order valence-electron chi connectivity index (χ4n) is 4.65. The number of hydrogen-bond donors (Lipinski definition) is 2. The van der Waals surface area contributed by atoms with Gasteiger partial charge in [-0.3, -0.25) is 0 Å². The molecule has 2 N–H and O–H groups in total. The largest absolute Gasteiger partial charge is 0.479 e. The Morgan fingerprint density at radius 1 is 1.05 bits per heavy atom. The van der Waals surface area contributed by atoms with Crippen molar-refractivity contribution in [3.63, 3.8) is 0 Å². The second-order valence-corrected chi connectivity index (χ2v) is 13.3. The number of piperidine rings is 1. The van der Waals surface area contributed by atoms with Crippen molar-refractivity contribution in [2.24, 2.45) is 5.92 Å². The van der Waals surface area contributed by atoms with Crippen LogP contribution in [0.4, 0.5) is 16.2 Å². The molecule has 43 heavy (non-hydrogen) atoms. The van der Waals surface area contributed by atoms with Gasteiger partial charge in [0.25, 0.3) is 0 Å². The van der Waals surface area contributed by atoms with E-state index in [2.05, 4.69) is 26.6 Å². The Kier molecular flexibility index (Phi) is 10.7. The number of carbonyl (C=O) groups excluding carboxylic acids is 3. The van der Waals surface area contributed by atoms with E-state index < -0.39 is 17.5 Å². The number of thiophene rings is 1. The Morgan fingerprint density at radius 2 is 1.74 bits per heavy atom. The van der Waals surface area contributed by atoms with Crippen LogP contribution in [0.2, 0.25) is 0 Å². The Morgan fingerprint density at radius 3 is 2.40 bits per heavy atom. The van der Waals surface area contributed by atoms with E-state index in [9.17, 15) is 14.4 Å². The minimum Gasteiger partial charge on any atom is -0.479 e. The normalized spacial score (nSPS) is 13.8.